The van der Waals surface area contributed by atoms with Crippen molar-refractivity contribution >= 4 is 16.5 Å². The molecular formula is C17H20N4O3S. The minimum absolute atomic E-state index is 0.0591. The zero-order valence-corrected chi connectivity index (χ0v) is 14.7. The number of aromatic nitrogens is 2. The first-order valence-corrected chi connectivity index (χ1v) is 9.71. The van der Waals surface area contributed by atoms with E-state index in [2.05, 4.69) is 10.2 Å². The molecule has 8 heteroatoms. The predicted molar refractivity (Wildman–Crippen MR) is 95.1 cm³/mol. The molecule has 1 fully saturated rings. The number of rotatable bonds is 4. The summed E-state index contributed by atoms with van der Waals surface area (Å²) in [5.41, 5.74) is 3.88. The van der Waals surface area contributed by atoms with E-state index in [1.165, 1.54) is 5.56 Å². The molecule has 2 aromatic rings. The monoisotopic (exact) mass is 360 g/mol. The van der Waals surface area contributed by atoms with Crippen molar-refractivity contribution in [3.05, 3.63) is 41.1 Å². The van der Waals surface area contributed by atoms with Gasteiger partial charge in [-0.05, 0) is 5.56 Å². The van der Waals surface area contributed by atoms with Crippen LogP contribution in [0, 0.1) is 0 Å². The summed E-state index contributed by atoms with van der Waals surface area (Å²) in [4.78, 5) is 11.8. The van der Waals surface area contributed by atoms with Crippen LogP contribution in [0.25, 0.3) is 11.4 Å². The number of anilines is 1. The molecule has 0 aliphatic carbocycles. The van der Waals surface area contributed by atoms with Crippen LogP contribution in [0.15, 0.2) is 24.3 Å². The number of hydrogen-bond acceptors (Lipinski definition) is 7. The van der Waals surface area contributed by atoms with E-state index in [0.29, 0.717) is 19.0 Å². The molecular weight excluding hydrogens is 340 g/mol. The van der Waals surface area contributed by atoms with Gasteiger partial charge in [-0.15, -0.1) is 0 Å². The summed E-state index contributed by atoms with van der Waals surface area (Å²) in [7, 11) is -2.42. The van der Waals surface area contributed by atoms with E-state index in [4.69, 9.17) is 14.7 Å². The van der Waals surface area contributed by atoms with Crippen molar-refractivity contribution in [3.8, 4) is 11.4 Å². The quantitative estimate of drug-likeness (QED) is 0.776. The molecule has 0 spiro atoms. The molecule has 2 aliphatic rings. The standard InChI is InChI=1S/C17H20N4O3S/c22-25(23)11-12-1-3-13(4-2-12)16-19-15-10-18-9-14(15)17(20-16)21-5-7-24-8-6-21/h1-4,18,25H,5-11H2. The van der Waals surface area contributed by atoms with Gasteiger partial charge in [-0.2, -0.15) is 0 Å². The highest BCUT2D eigenvalue weighted by Gasteiger charge is 2.24. The van der Waals surface area contributed by atoms with Crippen LogP contribution in [0.1, 0.15) is 16.8 Å². The molecule has 0 unspecified atom stereocenters. The Kier molecular flexibility index (Phi) is 4.65. The second-order valence-corrected chi connectivity index (χ2v) is 7.17. The van der Waals surface area contributed by atoms with Crippen LogP contribution in [0.4, 0.5) is 5.82 Å². The molecule has 0 bridgehead atoms. The molecule has 2 aliphatic heterocycles. The molecule has 25 heavy (non-hydrogen) atoms. The molecule has 0 atom stereocenters. The summed E-state index contributed by atoms with van der Waals surface area (Å²) in [6.07, 6.45) is 0. The lowest BCUT2D eigenvalue weighted by molar-refractivity contribution is 0.122. The highest BCUT2D eigenvalue weighted by molar-refractivity contribution is 7.71. The third-order valence-corrected chi connectivity index (χ3v) is 5.12. The van der Waals surface area contributed by atoms with Crippen LogP contribution in [-0.4, -0.2) is 44.7 Å². The van der Waals surface area contributed by atoms with E-state index >= 15 is 0 Å². The summed E-state index contributed by atoms with van der Waals surface area (Å²) < 4.78 is 27.2. The zero-order valence-electron chi connectivity index (χ0n) is 13.8. The van der Waals surface area contributed by atoms with E-state index in [1.54, 1.807) is 0 Å². The fraction of sp³-hybridized carbons (Fsp3) is 0.412. The second kappa shape index (κ2) is 7.07. The first-order chi connectivity index (χ1) is 12.2. The van der Waals surface area contributed by atoms with Gasteiger partial charge in [0.25, 0.3) is 0 Å². The van der Waals surface area contributed by atoms with E-state index in [0.717, 1.165) is 48.8 Å². The van der Waals surface area contributed by atoms with Gasteiger partial charge in [-0.25, -0.2) is 18.4 Å². The van der Waals surface area contributed by atoms with Crippen LogP contribution in [0.2, 0.25) is 0 Å². The van der Waals surface area contributed by atoms with Crippen molar-refractivity contribution in [3.63, 3.8) is 0 Å². The number of thiol groups is 1. The van der Waals surface area contributed by atoms with Crippen molar-refractivity contribution in [1.29, 1.82) is 0 Å². The van der Waals surface area contributed by atoms with Gasteiger partial charge in [0.05, 0.1) is 24.7 Å². The van der Waals surface area contributed by atoms with Crippen LogP contribution in [0.3, 0.4) is 0 Å². The van der Waals surface area contributed by atoms with Crippen molar-refractivity contribution in [2.45, 2.75) is 18.8 Å². The first-order valence-electron chi connectivity index (χ1n) is 8.35. The summed E-state index contributed by atoms with van der Waals surface area (Å²) >= 11 is 0. The van der Waals surface area contributed by atoms with Crippen molar-refractivity contribution in [1.82, 2.24) is 15.3 Å². The summed E-state index contributed by atoms with van der Waals surface area (Å²) in [5, 5.41) is 3.35. The number of nitrogens with zero attached hydrogens (tertiary/aromatic N) is 3. The maximum absolute atomic E-state index is 10.9. The van der Waals surface area contributed by atoms with Crippen LogP contribution >= 0.6 is 0 Å². The Morgan fingerprint density at radius 3 is 2.56 bits per heavy atom. The lowest BCUT2D eigenvalue weighted by atomic mass is 10.1. The average molecular weight is 360 g/mol. The van der Waals surface area contributed by atoms with Gasteiger partial charge in [-0.3, -0.25) is 0 Å². The topological polar surface area (TPSA) is 84.4 Å². The third-order valence-electron chi connectivity index (χ3n) is 4.50. The lowest BCUT2D eigenvalue weighted by Gasteiger charge is -2.29. The summed E-state index contributed by atoms with van der Waals surface area (Å²) in [5.74, 6) is 1.73. The Labute approximate surface area is 148 Å². The SMILES string of the molecule is O=[SH](=O)Cc1ccc(-c2nc3c(c(N4CCOCC4)n2)CNC3)cc1. The number of fused-ring (bicyclic) bond motifs is 1. The lowest BCUT2D eigenvalue weighted by Crippen LogP contribution is -2.37. The number of morpholine rings is 1. The van der Waals surface area contributed by atoms with Gasteiger partial charge >= 0.3 is 0 Å². The van der Waals surface area contributed by atoms with Gasteiger partial charge < -0.3 is 15.0 Å². The number of benzene rings is 1. The Bertz CT molecular complexity index is 838. The minimum atomic E-state index is -2.42. The maximum atomic E-state index is 10.9. The largest absolute Gasteiger partial charge is 0.378 e. The number of hydrogen-bond donors (Lipinski definition) is 2. The van der Waals surface area contributed by atoms with Gasteiger partial charge in [0.2, 0.25) is 0 Å². The minimum Gasteiger partial charge on any atom is -0.378 e. The third kappa shape index (κ3) is 3.51. The van der Waals surface area contributed by atoms with Crippen molar-refractivity contribution < 1.29 is 13.2 Å². The maximum Gasteiger partial charge on any atom is 0.161 e. The van der Waals surface area contributed by atoms with E-state index in [1.807, 2.05) is 24.3 Å². The van der Waals surface area contributed by atoms with Crippen molar-refractivity contribution in [2.75, 3.05) is 31.2 Å². The first kappa shape index (κ1) is 16.4. The summed E-state index contributed by atoms with van der Waals surface area (Å²) in [6.45, 7) is 4.62. The Morgan fingerprint density at radius 1 is 1.08 bits per heavy atom. The molecule has 3 heterocycles. The molecule has 1 saturated heterocycles. The molecule has 0 amide bonds. The normalized spacial score (nSPS) is 17.1. The number of ether oxygens (including phenoxy) is 1. The van der Waals surface area contributed by atoms with Gasteiger partial charge in [0.15, 0.2) is 5.82 Å². The molecule has 1 N–H and O–H groups in total. The Balaban J connectivity index is 1.70. The van der Waals surface area contributed by atoms with E-state index in [9.17, 15) is 8.42 Å². The molecule has 132 valence electrons. The van der Waals surface area contributed by atoms with Crippen LogP contribution < -0.4 is 10.2 Å². The number of nitrogens with one attached hydrogen (secondary N) is 1. The fourth-order valence-electron chi connectivity index (χ4n) is 3.22. The van der Waals surface area contributed by atoms with Gasteiger partial charge in [-0.1, -0.05) is 24.3 Å². The molecule has 7 nitrogen and oxygen atoms in total. The molecule has 0 radical (unpaired) electrons. The molecule has 0 saturated carbocycles. The summed E-state index contributed by atoms with van der Waals surface area (Å²) in [6, 6.07) is 7.43. The van der Waals surface area contributed by atoms with E-state index < -0.39 is 10.7 Å². The molecule has 1 aromatic carbocycles. The molecule has 4 rings (SSSR count). The van der Waals surface area contributed by atoms with E-state index in [-0.39, 0.29) is 5.75 Å². The van der Waals surface area contributed by atoms with Crippen LogP contribution in [-0.2, 0) is 34.3 Å². The second-order valence-electron chi connectivity index (χ2n) is 6.19. The highest BCUT2D eigenvalue weighted by Crippen LogP contribution is 2.28. The van der Waals surface area contributed by atoms with Gasteiger partial charge in [0.1, 0.15) is 16.5 Å². The highest BCUT2D eigenvalue weighted by atomic mass is 32.2. The fourth-order valence-corrected chi connectivity index (χ4v) is 3.73. The average Bonchev–Trinajstić information content (AvgIpc) is 3.10. The Morgan fingerprint density at radius 2 is 1.84 bits per heavy atom. The molecule has 1 aromatic heterocycles. The predicted octanol–water partition coefficient (Wildman–Crippen LogP) is 0.695. The van der Waals surface area contributed by atoms with Crippen LogP contribution in [0.5, 0.6) is 0 Å². The van der Waals surface area contributed by atoms with Gasteiger partial charge in [0, 0.05) is 37.3 Å². The Hall–Kier alpha value is -2.03. The smallest absolute Gasteiger partial charge is 0.161 e. The van der Waals surface area contributed by atoms with Crippen molar-refractivity contribution in [2.24, 2.45) is 0 Å². The zero-order chi connectivity index (χ0) is 17.2.